The lowest BCUT2D eigenvalue weighted by Crippen LogP contribution is -2.51. The van der Waals surface area contributed by atoms with Crippen LogP contribution in [0, 0.1) is 6.92 Å². The van der Waals surface area contributed by atoms with E-state index in [1.807, 2.05) is 31.2 Å². The minimum atomic E-state index is -3.85. The van der Waals surface area contributed by atoms with Gasteiger partial charge in [0.1, 0.15) is 12.6 Å². The third-order valence-electron chi connectivity index (χ3n) is 4.81. The second-order valence-corrected chi connectivity index (χ2v) is 10.3. The molecule has 32 heavy (non-hydrogen) atoms. The summed E-state index contributed by atoms with van der Waals surface area (Å²) in [5, 5.41) is 3.18. The summed E-state index contributed by atoms with van der Waals surface area (Å²) in [6.45, 7) is 5.38. The highest BCUT2D eigenvalue weighted by Crippen LogP contribution is 2.27. The highest BCUT2D eigenvalue weighted by atomic mass is 35.5. The Morgan fingerprint density at radius 3 is 2.12 bits per heavy atom. The molecule has 1 atom stereocenters. The molecule has 0 fully saturated rings. The normalized spacial score (nSPS) is 12.2. The Hall–Kier alpha value is -2.29. The van der Waals surface area contributed by atoms with Crippen molar-refractivity contribution in [1.29, 1.82) is 0 Å². The number of carbonyl (C=O) groups excluding carboxylic acids is 2. The minimum absolute atomic E-state index is 0.144. The predicted octanol–water partition coefficient (Wildman–Crippen LogP) is 3.62. The number of sulfonamides is 1. The fraction of sp³-hybridized carbons (Fsp3) is 0.364. The summed E-state index contributed by atoms with van der Waals surface area (Å²) in [5.41, 5.74) is 2.04. The molecular formula is C22H27Cl2N3O4S. The van der Waals surface area contributed by atoms with Crippen molar-refractivity contribution in [3.05, 3.63) is 63.6 Å². The van der Waals surface area contributed by atoms with Crippen LogP contribution in [0.2, 0.25) is 10.0 Å². The molecule has 0 aliphatic rings. The van der Waals surface area contributed by atoms with Crippen molar-refractivity contribution in [2.45, 2.75) is 33.4 Å². The molecule has 0 saturated heterocycles. The third-order valence-corrected chi connectivity index (χ3v) is 6.38. The fourth-order valence-corrected chi connectivity index (χ4v) is 4.44. The number of halogens is 2. The molecule has 0 saturated carbocycles. The first-order valence-corrected chi connectivity index (χ1v) is 12.6. The summed E-state index contributed by atoms with van der Waals surface area (Å²) in [5.74, 6) is -0.865. The van der Waals surface area contributed by atoms with Gasteiger partial charge in [-0.15, -0.1) is 0 Å². The number of hydrogen-bond donors (Lipinski definition) is 1. The second-order valence-electron chi connectivity index (χ2n) is 7.48. The molecular weight excluding hydrogens is 473 g/mol. The van der Waals surface area contributed by atoms with Crippen LogP contribution in [-0.4, -0.2) is 50.5 Å². The molecule has 0 aromatic heterocycles. The van der Waals surface area contributed by atoms with Gasteiger partial charge >= 0.3 is 0 Å². The highest BCUT2D eigenvalue weighted by molar-refractivity contribution is 7.92. The number of anilines is 1. The second kappa shape index (κ2) is 11.0. The molecule has 1 N–H and O–H groups in total. The number of nitrogens with one attached hydrogen (secondary N) is 1. The molecule has 0 heterocycles. The number of likely N-dealkylation sites (N-methyl/N-ethyl adjacent to an activating group) is 1. The van der Waals surface area contributed by atoms with Gasteiger partial charge in [-0.3, -0.25) is 13.9 Å². The van der Waals surface area contributed by atoms with Gasteiger partial charge in [-0.05, 0) is 44.5 Å². The standard InChI is InChI=1S/C22H27Cl2N3O4S/c1-5-25-22(29)16(3)26(13-17-8-6-15(2)7-9-17)21(28)14-27(32(4,30)31)20-11-18(23)10-19(24)12-20/h6-12,16H,5,13-14H2,1-4H3,(H,25,29)/t16-/m1/s1. The van der Waals surface area contributed by atoms with Crippen molar-refractivity contribution in [3.8, 4) is 0 Å². The van der Waals surface area contributed by atoms with Crippen molar-refractivity contribution >= 4 is 50.7 Å². The maximum Gasteiger partial charge on any atom is 0.244 e. The zero-order valence-corrected chi connectivity index (χ0v) is 20.8. The monoisotopic (exact) mass is 499 g/mol. The van der Waals surface area contributed by atoms with E-state index >= 15 is 0 Å². The molecule has 0 bridgehead atoms. The smallest absolute Gasteiger partial charge is 0.244 e. The van der Waals surface area contributed by atoms with Gasteiger partial charge in [-0.2, -0.15) is 0 Å². The van der Waals surface area contributed by atoms with E-state index in [0.717, 1.165) is 21.7 Å². The lowest BCUT2D eigenvalue weighted by atomic mass is 10.1. The number of amides is 2. The van der Waals surface area contributed by atoms with Crippen LogP contribution in [0.25, 0.3) is 0 Å². The summed E-state index contributed by atoms with van der Waals surface area (Å²) < 4.78 is 25.9. The summed E-state index contributed by atoms with van der Waals surface area (Å²) >= 11 is 12.1. The fourth-order valence-electron chi connectivity index (χ4n) is 3.09. The van der Waals surface area contributed by atoms with Crippen LogP contribution < -0.4 is 9.62 Å². The van der Waals surface area contributed by atoms with E-state index in [1.165, 1.54) is 23.1 Å². The Morgan fingerprint density at radius 1 is 1.06 bits per heavy atom. The van der Waals surface area contributed by atoms with Crippen LogP contribution in [0.5, 0.6) is 0 Å². The van der Waals surface area contributed by atoms with Gasteiger partial charge in [0.25, 0.3) is 0 Å². The molecule has 2 amide bonds. The van der Waals surface area contributed by atoms with Crippen LogP contribution in [0.4, 0.5) is 5.69 Å². The zero-order chi connectivity index (χ0) is 24.1. The van der Waals surface area contributed by atoms with Gasteiger partial charge in [-0.1, -0.05) is 53.0 Å². The average molecular weight is 500 g/mol. The van der Waals surface area contributed by atoms with E-state index in [-0.39, 0.29) is 28.2 Å². The molecule has 0 radical (unpaired) electrons. The molecule has 0 aliphatic heterocycles. The first-order chi connectivity index (χ1) is 14.9. The number of aryl methyl sites for hydroxylation is 1. The van der Waals surface area contributed by atoms with Gasteiger partial charge < -0.3 is 10.2 Å². The van der Waals surface area contributed by atoms with Crippen molar-refractivity contribution in [2.24, 2.45) is 0 Å². The topological polar surface area (TPSA) is 86.8 Å². The van der Waals surface area contributed by atoms with Crippen molar-refractivity contribution in [2.75, 3.05) is 23.7 Å². The Morgan fingerprint density at radius 2 is 1.62 bits per heavy atom. The van der Waals surface area contributed by atoms with Crippen molar-refractivity contribution in [3.63, 3.8) is 0 Å². The first-order valence-electron chi connectivity index (χ1n) is 9.99. The number of hydrogen-bond acceptors (Lipinski definition) is 4. The van der Waals surface area contributed by atoms with Crippen LogP contribution in [0.3, 0.4) is 0 Å². The van der Waals surface area contributed by atoms with E-state index in [4.69, 9.17) is 23.2 Å². The summed E-state index contributed by atoms with van der Waals surface area (Å²) in [4.78, 5) is 27.2. The summed E-state index contributed by atoms with van der Waals surface area (Å²) in [6, 6.07) is 11.0. The SMILES string of the molecule is CCNC(=O)[C@@H](C)N(Cc1ccc(C)cc1)C(=O)CN(c1cc(Cl)cc(Cl)c1)S(C)(=O)=O. The minimum Gasteiger partial charge on any atom is -0.355 e. The van der Waals surface area contributed by atoms with Crippen molar-refractivity contribution < 1.29 is 18.0 Å². The predicted molar refractivity (Wildman–Crippen MR) is 129 cm³/mol. The highest BCUT2D eigenvalue weighted by Gasteiger charge is 2.30. The third kappa shape index (κ3) is 7.12. The molecule has 174 valence electrons. The first kappa shape index (κ1) is 26.0. The van der Waals surface area contributed by atoms with Crippen molar-refractivity contribution in [1.82, 2.24) is 10.2 Å². The van der Waals surface area contributed by atoms with E-state index in [0.29, 0.717) is 6.54 Å². The van der Waals surface area contributed by atoms with Gasteiger partial charge in [0.05, 0.1) is 11.9 Å². The van der Waals surface area contributed by atoms with Gasteiger partial charge in [0.15, 0.2) is 0 Å². The van der Waals surface area contributed by atoms with Gasteiger partial charge in [0.2, 0.25) is 21.8 Å². The molecule has 10 heteroatoms. The van der Waals surface area contributed by atoms with Crippen LogP contribution in [0.15, 0.2) is 42.5 Å². The quantitative estimate of drug-likeness (QED) is 0.570. The molecule has 2 aromatic rings. The summed E-state index contributed by atoms with van der Waals surface area (Å²) in [7, 11) is -3.85. The van der Waals surface area contributed by atoms with E-state index < -0.39 is 28.5 Å². The van der Waals surface area contributed by atoms with E-state index in [1.54, 1.807) is 13.8 Å². The lowest BCUT2D eigenvalue weighted by Gasteiger charge is -2.31. The molecule has 2 aromatic carbocycles. The Kier molecular flexibility index (Phi) is 8.95. The molecule has 2 rings (SSSR count). The zero-order valence-electron chi connectivity index (χ0n) is 18.4. The molecule has 0 unspecified atom stereocenters. The van der Waals surface area contributed by atoms with Gasteiger partial charge in [-0.25, -0.2) is 8.42 Å². The number of rotatable bonds is 9. The van der Waals surface area contributed by atoms with E-state index in [2.05, 4.69) is 5.32 Å². The van der Waals surface area contributed by atoms with Crippen LogP contribution >= 0.6 is 23.2 Å². The Balaban J connectivity index is 2.40. The molecule has 0 spiro atoms. The number of nitrogens with zero attached hydrogens (tertiary/aromatic N) is 2. The van der Waals surface area contributed by atoms with E-state index in [9.17, 15) is 18.0 Å². The maximum atomic E-state index is 13.3. The average Bonchev–Trinajstić information content (AvgIpc) is 2.69. The van der Waals surface area contributed by atoms with Crippen LogP contribution in [-0.2, 0) is 26.2 Å². The van der Waals surface area contributed by atoms with Gasteiger partial charge in [0, 0.05) is 23.1 Å². The Bertz CT molecular complexity index is 1050. The molecule has 7 nitrogen and oxygen atoms in total. The largest absolute Gasteiger partial charge is 0.355 e. The maximum absolute atomic E-state index is 13.3. The number of benzene rings is 2. The van der Waals surface area contributed by atoms with Crippen LogP contribution in [0.1, 0.15) is 25.0 Å². The number of carbonyl (C=O) groups is 2. The lowest BCUT2D eigenvalue weighted by molar-refractivity contribution is -0.139. The molecule has 0 aliphatic carbocycles. The Labute approximate surface area is 199 Å². The summed E-state index contributed by atoms with van der Waals surface area (Å²) in [6.07, 6.45) is 0.993.